The van der Waals surface area contributed by atoms with Crippen molar-refractivity contribution in [1.29, 1.82) is 0 Å². The van der Waals surface area contributed by atoms with Crippen LogP contribution in [0.3, 0.4) is 0 Å². The van der Waals surface area contributed by atoms with E-state index in [9.17, 15) is 9.59 Å². The summed E-state index contributed by atoms with van der Waals surface area (Å²) in [4.78, 5) is 24.1. The first-order valence-corrected chi connectivity index (χ1v) is 6.99. The van der Waals surface area contributed by atoms with Gasteiger partial charge in [0.15, 0.2) is 0 Å². The molecule has 1 rings (SSSR count). The average Bonchev–Trinajstić information content (AvgIpc) is 2.47. The molecule has 0 aromatic carbocycles. The fraction of sp³-hybridized carbons (Fsp3) is 0.600. The first-order chi connectivity index (χ1) is 10.5. The van der Waals surface area contributed by atoms with Gasteiger partial charge in [-0.2, -0.15) is 0 Å². The Labute approximate surface area is 130 Å². The lowest BCUT2D eigenvalue weighted by Crippen LogP contribution is -2.27. The molecule has 0 spiro atoms. The minimum atomic E-state index is -0.461. The van der Waals surface area contributed by atoms with Crippen LogP contribution in [0.4, 0.5) is 0 Å². The van der Waals surface area contributed by atoms with Gasteiger partial charge in [0.05, 0.1) is 24.4 Å². The Balaban J connectivity index is 2.69. The highest BCUT2D eigenvalue weighted by atomic mass is 16.6. The van der Waals surface area contributed by atoms with Crippen molar-refractivity contribution in [3.63, 3.8) is 0 Å². The fourth-order valence-corrected chi connectivity index (χ4v) is 1.93. The van der Waals surface area contributed by atoms with E-state index >= 15 is 0 Å². The second kappa shape index (κ2) is 9.22. The summed E-state index contributed by atoms with van der Waals surface area (Å²) >= 11 is 0. The molecule has 7 nitrogen and oxygen atoms in total. The first-order valence-electron chi connectivity index (χ1n) is 6.99. The summed E-state index contributed by atoms with van der Waals surface area (Å²) in [6.07, 6.45) is 0.183. The first kappa shape index (κ1) is 18.2. The van der Waals surface area contributed by atoms with Crippen LogP contribution in [-0.4, -0.2) is 52.6 Å². The molecule has 124 valence electrons. The van der Waals surface area contributed by atoms with Crippen LogP contribution in [0.25, 0.3) is 0 Å². The van der Waals surface area contributed by atoms with Crippen LogP contribution < -0.4 is 5.32 Å². The molecule has 22 heavy (non-hydrogen) atoms. The van der Waals surface area contributed by atoms with Gasteiger partial charge in [-0.05, 0) is 13.8 Å². The molecule has 1 N–H and O–H groups in total. The number of carbonyl (C=O) groups is 2. The standard InChI is InChI=1S/C15H23NO6/c1-10-12(14(17)21-7-5-19-3)9-13(11(2)16-10)15(18)22-8-6-20-4/h16H,5-9H2,1-4H3. The van der Waals surface area contributed by atoms with Crippen LogP contribution in [0.2, 0.25) is 0 Å². The van der Waals surface area contributed by atoms with Crippen molar-refractivity contribution in [3.8, 4) is 0 Å². The van der Waals surface area contributed by atoms with E-state index in [1.54, 1.807) is 13.8 Å². The fourth-order valence-electron chi connectivity index (χ4n) is 1.93. The van der Waals surface area contributed by atoms with E-state index in [0.29, 0.717) is 35.8 Å². The molecule has 0 aromatic rings. The van der Waals surface area contributed by atoms with Crippen LogP contribution in [0.15, 0.2) is 22.5 Å². The van der Waals surface area contributed by atoms with Gasteiger partial charge in [0, 0.05) is 32.0 Å². The Morgan fingerprint density at radius 2 is 1.27 bits per heavy atom. The van der Waals surface area contributed by atoms with Crippen LogP contribution in [-0.2, 0) is 28.5 Å². The summed E-state index contributed by atoms with van der Waals surface area (Å²) < 4.78 is 19.9. The van der Waals surface area contributed by atoms with Gasteiger partial charge in [-0.25, -0.2) is 9.59 Å². The summed E-state index contributed by atoms with van der Waals surface area (Å²) in [7, 11) is 3.06. The second-order valence-electron chi connectivity index (χ2n) is 4.77. The summed E-state index contributed by atoms with van der Waals surface area (Å²) in [6, 6.07) is 0. The van der Waals surface area contributed by atoms with Crippen molar-refractivity contribution < 1.29 is 28.5 Å². The van der Waals surface area contributed by atoms with Crippen LogP contribution in [0.1, 0.15) is 20.3 Å². The average molecular weight is 313 g/mol. The molecule has 0 aliphatic carbocycles. The third-order valence-corrected chi connectivity index (χ3v) is 3.17. The number of rotatable bonds is 8. The van der Waals surface area contributed by atoms with E-state index < -0.39 is 11.9 Å². The van der Waals surface area contributed by atoms with E-state index in [1.165, 1.54) is 14.2 Å². The molecule has 0 radical (unpaired) electrons. The molecule has 7 heteroatoms. The Hall–Kier alpha value is -1.86. The highest BCUT2D eigenvalue weighted by Crippen LogP contribution is 2.24. The van der Waals surface area contributed by atoms with Gasteiger partial charge in [0.1, 0.15) is 13.2 Å². The highest BCUT2D eigenvalue weighted by Gasteiger charge is 2.26. The van der Waals surface area contributed by atoms with E-state index in [0.717, 1.165) is 0 Å². The maximum atomic E-state index is 12.0. The molecule has 0 bridgehead atoms. The number of nitrogens with one attached hydrogen (secondary N) is 1. The summed E-state index contributed by atoms with van der Waals surface area (Å²) in [5.74, 6) is -0.923. The van der Waals surface area contributed by atoms with Crippen molar-refractivity contribution in [2.24, 2.45) is 0 Å². The molecule has 0 fully saturated rings. The number of dihydropyridines is 1. The Morgan fingerprint density at radius 3 is 1.64 bits per heavy atom. The lowest BCUT2D eigenvalue weighted by Gasteiger charge is -2.22. The molecule has 0 unspecified atom stereocenters. The van der Waals surface area contributed by atoms with E-state index in [-0.39, 0.29) is 19.6 Å². The molecule has 0 saturated carbocycles. The molecular weight excluding hydrogens is 290 g/mol. The quantitative estimate of drug-likeness (QED) is 0.526. The predicted molar refractivity (Wildman–Crippen MR) is 78.8 cm³/mol. The number of carbonyl (C=O) groups excluding carboxylic acids is 2. The van der Waals surface area contributed by atoms with Gasteiger partial charge in [0.25, 0.3) is 0 Å². The zero-order chi connectivity index (χ0) is 16.5. The van der Waals surface area contributed by atoms with E-state index in [1.807, 2.05) is 0 Å². The highest BCUT2D eigenvalue weighted by molar-refractivity contribution is 5.96. The summed E-state index contributed by atoms with van der Waals surface area (Å²) in [5, 5.41) is 3.02. The van der Waals surface area contributed by atoms with Crippen molar-refractivity contribution >= 4 is 11.9 Å². The molecule has 0 atom stereocenters. The van der Waals surface area contributed by atoms with Gasteiger partial charge in [-0.15, -0.1) is 0 Å². The number of allylic oxidation sites excluding steroid dienone is 2. The molecule has 1 heterocycles. The van der Waals surface area contributed by atoms with Gasteiger partial charge >= 0.3 is 11.9 Å². The van der Waals surface area contributed by atoms with Crippen LogP contribution in [0.5, 0.6) is 0 Å². The van der Waals surface area contributed by atoms with E-state index in [2.05, 4.69) is 5.32 Å². The van der Waals surface area contributed by atoms with Gasteiger partial charge in [-0.1, -0.05) is 0 Å². The Bertz CT molecular complexity index is 438. The van der Waals surface area contributed by atoms with Crippen molar-refractivity contribution in [1.82, 2.24) is 5.32 Å². The molecule has 0 amide bonds. The largest absolute Gasteiger partial charge is 0.460 e. The smallest absolute Gasteiger partial charge is 0.336 e. The molecule has 0 saturated heterocycles. The zero-order valence-electron chi connectivity index (χ0n) is 13.5. The third kappa shape index (κ3) is 5.16. The van der Waals surface area contributed by atoms with Gasteiger partial charge in [-0.3, -0.25) is 0 Å². The van der Waals surface area contributed by atoms with Gasteiger partial charge in [0.2, 0.25) is 0 Å². The molecular formula is C15H23NO6. The topological polar surface area (TPSA) is 83.1 Å². The summed E-state index contributed by atoms with van der Waals surface area (Å²) in [5.41, 5.74) is 2.18. The van der Waals surface area contributed by atoms with Crippen molar-refractivity contribution in [3.05, 3.63) is 22.5 Å². The van der Waals surface area contributed by atoms with Gasteiger partial charge < -0.3 is 24.3 Å². The minimum absolute atomic E-state index is 0.169. The summed E-state index contributed by atoms with van der Waals surface area (Å²) in [6.45, 7) is 4.52. The SMILES string of the molecule is COCCOC(=O)C1=C(C)NC(C)=C(C(=O)OCCOC)C1. The van der Waals surface area contributed by atoms with Crippen LogP contribution in [0, 0.1) is 0 Å². The van der Waals surface area contributed by atoms with Crippen LogP contribution >= 0.6 is 0 Å². The second-order valence-corrected chi connectivity index (χ2v) is 4.77. The maximum Gasteiger partial charge on any atom is 0.336 e. The number of hydrogen-bond acceptors (Lipinski definition) is 7. The Kier molecular flexibility index (Phi) is 7.62. The Morgan fingerprint density at radius 1 is 0.864 bits per heavy atom. The maximum absolute atomic E-state index is 12.0. The van der Waals surface area contributed by atoms with E-state index in [4.69, 9.17) is 18.9 Å². The molecule has 0 aromatic heterocycles. The molecule has 1 aliphatic rings. The minimum Gasteiger partial charge on any atom is -0.460 e. The zero-order valence-corrected chi connectivity index (χ0v) is 13.5. The lowest BCUT2D eigenvalue weighted by molar-refractivity contribution is -0.141. The third-order valence-electron chi connectivity index (χ3n) is 3.17. The van der Waals surface area contributed by atoms with Crippen molar-refractivity contribution in [2.45, 2.75) is 20.3 Å². The normalized spacial score (nSPS) is 14.7. The number of hydrogen-bond donors (Lipinski definition) is 1. The number of esters is 2. The molecule has 1 aliphatic heterocycles. The monoisotopic (exact) mass is 313 g/mol. The predicted octanol–water partition coefficient (Wildman–Crippen LogP) is 0.907. The van der Waals surface area contributed by atoms with Crippen molar-refractivity contribution in [2.75, 3.05) is 40.6 Å². The lowest BCUT2D eigenvalue weighted by atomic mass is 9.98. The number of methoxy groups -OCH3 is 2. The number of ether oxygens (including phenoxy) is 4.